The molecule has 252 valence electrons. The van der Waals surface area contributed by atoms with Crippen molar-refractivity contribution in [3.63, 3.8) is 0 Å². The molecule has 47 heavy (non-hydrogen) atoms. The lowest BCUT2D eigenvalue weighted by Gasteiger charge is -2.42. The molecule has 2 saturated heterocycles. The summed E-state index contributed by atoms with van der Waals surface area (Å²) >= 11 is 13.4. The number of fused-ring (bicyclic) bond motifs is 1. The van der Waals surface area contributed by atoms with Crippen molar-refractivity contribution < 1.29 is 23.9 Å². The Morgan fingerprint density at radius 1 is 1.04 bits per heavy atom. The van der Waals surface area contributed by atoms with Crippen LogP contribution in [0.15, 0.2) is 42.6 Å². The van der Waals surface area contributed by atoms with Gasteiger partial charge in [-0.1, -0.05) is 41.4 Å². The van der Waals surface area contributed by atoms with Gasteiger partial charge in [0.15, 0.2) is 0 Å². The summed E-state index contributed by atoms with van der Waals surface area (Å²) in [5, 5.41) is 4.42. The first-order valence-corrected chi connectivity index (χ1v) is 17.4. The number of hydrogen-bond donors (Lipinski definition) is 1. The first-order valence-electron chi connectivity index (χ1n) is 16.7. The Balaban J connectivity index is 1.16. The number of amides is 2. The molecule has 0 radical (unpaired) electrons. The second-order valence-corrected chi connectivity index (χ2v) is 14.3. The van der Waals surface area contributed by atoms with Crippen molar-refractivity contribution in [1.29, 1.82) is 0 Å². The SMILES string of the molecule is C[C@@H]1COC[C@H](C)N1[C@H]1C[C@@H](COC2CCC(C=O)CC2)N(C(=O)Cc2cc(Cl)c(NC(=O)c3cn(C)c4ccccc34)cc2Cl)C1. The standard InChI is InChI=1S/C36H44Cl2N4O5/c1-22-19-46-20-23(2)42(22)26-14-27(21-47-28-10-8-24(18-43)9-11-28)41(16-26)35(44)13-25-12-32(38)33(15-31(25)37)39-36(45)30-17-40(3)34-7-5-4-6-29(30)34/h4-7,12,15,17-18,22-24,26-28H,8-11,13-14,16,19-21H2,1-3H3,(H,39,45)/t22-,23+,24?,26-,27-,28?/m0/s1. The predicted octanol–water partition coefficient (Wildman–Crippen LogP) is 6.13. The van der Waals surface area contributed by atoms with E-state index in [-0.39, 0.29) is 54.4 Å². The molecule has 3 fully saturated rings. The zero-order valence-electron chi connectivity index (χ0n) is 27.3. The number of nitrogens with one attached hydrogen (secondary N) is 1. The average molecular weight is 684 g/mol. The normalized spacial score (nSPS) is 26.9. The highest BCUT2D eigenvalue weighted by atomic mass is 35.5. The Labute approximate surface area is 286 Å². The van der Waals surface area contributed by atoms with Crippen LogP contribution in [0.3, 0.4) is 0 Å². The zero-order chi connectivity index (χ0) is 33.2. The zero-order valence-corrected chi connectivity index (χ0v) is 28.8. The van der Waals surface area contributed by atoms with Crippen molar-refractivity contribution in [2.24, 2.45) is 13.0 Å². The summed E-state index contributed by atoms with van der Waals surface area (Å²) in [6.07, 6.45) is 7.29. The van der Waals surface area contributed by atoms with Crippen LogP contribution < -0.4 is 5.32 Å². The number of rotatable bonds is 9. The number of morpholine rings is 1. The number of benzene rings is 2. The molecule has 3 aromatic rings. The third-order valence-corrected chi connectivity index (χ3v) is 10.8. The van der Waals surface area contributed by atoms with E-state index in [0.29, 0.717) is 53.2 Å². The molecule has 9 nitrogen and oxygen atoms in total. The summed E-state index contributed by atoms with van der Waals surface area (Å²) in [6.45, 7) is 6.77. The fourth-order valence-electron chi connectivity index (χ4n) is 7.74. The third-order valence-electron chi connectivity index (χ3n) is 10.2. The van der Waals surface area contributed by atoms with E-state index in [2.05, 4.69) is 24.1 Å². The van der Waals surface area contributed by atoms with Crippen LogP contribution in [0.2, 0.25) is 10.0 Å². The van der Waals surface area contributed by atoms with Crippen molar-refractivity contribution in [2.75, 3.05) is 31.7 Å². The average Bonchev–Trinajstić information content (AvgIpc) is 3.64. The number of para-hydroxylation sites is 1. The predicted molar refractivity (Wildman–Crippen MR) is 184 cm³/mol. The molecule has 1 aliphatic carbocycles. The number of halogens is 2. The van der Waals surface area contributed by atoms with Gasteiger partial charge in [0.2, 0.25) is 5.91 Å². The Kier molecular flexibility index (Phi) is 10.6. The molecule has 6 rings (SSSR count). The lowest BCUT2D eigenvalue weighted by atomic mass is 9.88. The Hall–Kier alpha value is -2.95. The van der Waals surface area contributed by atoms with Crippen LogP contribution in [-0.2, 0) is 32.5 Å². The van der Waals surface area contributed by atoms with Gasteiger partial charge >= 0.3 is 0 Å². The third kappa shape index (κ3) is 7.39. The van der Waals surface area contributed by atoms with Gasteiger partial charge < -0.3 is 29.1 Å². The molecule has 0 spiro atoms. The first kappa shape index (κ1) is 33.9. The largest absolute Gasteiger partial charge is 0.378 e. The highest BCUT2D eigenvalue weighted by Gasteiger charge is 2.42. The highest BCUT2D eigenvalue weighted by molar-refractivity contribution is 6.36. The van der Waals surface area contributed by atoms with E-state index in [4.69, 9.17) is 32.7 Å². The van der Waals surface area contributed by atoms with Gasteiger partial charge in [-0.05, 0) is 69.7 Å². The van der Waals surface area contributed by atoms with E-state index < -0.39 is 0 Å². The molecule has 1 N–H and O–H groups in total. The maximum Gasteiger partial charge on any atom is 0.257 e. The number of hydrogen-bond acceptors (Lipinski definition) is 6. The monoisotopic (exact) mass is 682 g/mol. The van der Waals surface area contributed by atoms with Crippen molar-refractivity contribution in [3.05, 3.63) is 63.8 Å². The van der Waals surface area contributed by atoms with Crippen molar-refractivity contribution in [3.8, 4) is 0 Å². The lowest BCUT2D eigenvalue weighted by molar-refractivity contribution is -0.133. The second-order valence-electron chi connectivity index (χ2n) is 13.5. The molecular weight excluding hydrogens is 639 g/mol. The number of likely N-dealkylation sites (tertiary alicyclic amines) is 1. The van der Waals surface area contributed by atoms with Gasteiger partial charge in [-0.15, -0.1) is 0 Å². The number of carbonyl (C=O) groups excluding carboxylic acids is 3. The van der Waals surface area contributed by atoms with Crippen LogP contribution in [0.25, 0.3) is 10.9 Å². The summed E-state index contributed by atoms with van der Waals surface area (Å²) in [5.41, 5.74) is 2.48. The minimum absolute atomic E-state index is 0.0372. The van der Waals surface area contributed by atoms with Crippen molar-refractivity contribution >= 4 is 57.9 Å². The molecule has 4 atom stereocenters. The van der Waals surface area contributed by atoms with Crippen LogP contribution in [-0.4, -0.2) is 89.1 Å². The molecule has 0 bridgehead atoms. The van der Waals surface area contributed by atoms with Crippen LogP contribution in [0.1, 0.15) is 61.9 Å². The van der Waals surface area contributed by atoms with E-state index in [1.54, 1.807) is 18.3 Å². The maximum atomic E-state index is 14.0. The smallest absolute Gasteiger partial charge is 0.257 e. The number of aromatic nitrogens is 1. The number of aldehydes is 1. The van der Waals surface area contributed by atoms with E-state index in [1.807, 2.05) is 40.8 Å². The molecule has 1 aromatic heterocycles. The van der Waals surface area contributed by atoms with Crippen LogP contribution in [0.4, 0.5) is 5.69 Å². The van der Waals surface area contributed by atoms with Gasteiger partial charge in [0, 0.05) is 59.8 Å². The number of carbonyl (C=O) groups is 3. The highest BCUT2D eigenvalue weighted by Crippen LogP contribution is 2.34. The fraction of sp³-hybridized carbons (Fsp3) is 0.528. The Bertz CT molecular complexity index is 1610. The van der Waals surface area contributed by atoms with Crippen LogP contribution in [0, 0.1) is 5.92 Å². The minimum Gasteiger partial charge on any atom is -0.378 e. The number of anilines is 1. The molecule has 11 heteroatoms. The molecule has 0 unspecified atom stereocenters. The molecule has 3 heterocycles. The van der Waals surface area contributed by atoms with Crippen molar-refractivity contribution in [1.82, 2.24) is 14.4 Å². The quantitative estimate of drug-likeness (QED) is 0.273. The fourth-order valence-corrected chi connectivity index (χ4v) is 8.21. The Morgan fingerprint density at radius 3 is 2.49 bits per heavy atom. The van der Waals surface area contributed by atoms with Gasteiger partial charge in [0.05, 0.1) is 54.7 Å². The molecular formula is C36H44Cl2N4O5. The summed E-state index contributed by atoms with van der Waals surface area (Å²) in [7, 11) is 1.90. The van der Waals surface area contributed by atoms with E-state index in [1.165, 1.54) is 0 Å². The van der Waals surface area contributed by atoms with Crippen LogP contribution in [0.5, 0.6) is 0 Å². The van der Waals surface area contributed by atoms with Gasteiger partial charge in [-0.3, -0.25) is 14.5 Å². The maximum absolute atomic E-state index is 14.0. The Morgan fingerprint density at radius 2 is 1.77 bits per heavy atom. The summed E-state index contributed by atoms with van der Waals surface area (Å²) < 4.78 is 14.1. The lowest BCUT2D eigenvalue weighted by Crippen LogP contribution is -2.55. The van der Waals surface area contributed by atoms with Crippen LogP contribution >= 0.6 is 23.2 Å². The van der Waals surface area contributed by atoms with Gasteiger partial charge in [-0.2, -0.15) is 0 Å². The summed E-state index contributed by atoms with van der Waals surface area (Å²) in [4.78, 5) is 42.9. The van der Waals surface area contributed by atoms with E-state index >= 15 is 0 Å². The number of nitrogens with zero attached hydrogens (tertiary/aromatic N) is 3. The topological polar surface area (TPSA) is 93.1 Å². The first-order chi connectivity index (χ1) is 22.6. The summed E-state index contributed by atoms with van der Waals surface area (Å²) in [6, 6.07) is 11.6. The van der Waals surface area contributed by atoms with Gasteiger partial charge in [0.1, 0.15) is 6.29 Å². The summed E-state index contributed by atoms with van der Waals surface area (Å²) in [5.74, 6) is -0.201. The number of ether oxygens (including phenoxy) is 2. The second kappa shape index (κ2) is 14.7. The number of aryl methyl sites for hydroxylation is 1. The molecule has 1 saturated carbocycles. The molecule has 2 aromatic carbocycles. The molecule has 2 amide bonds. The van der Waals surface area contributed by atoms with Gasteiger partial charge in [-0.25, -0.2) is 0 Å². The minimum atomic E-state index is -0.291. The van der Waals surface area contributed by atoms with Crippen molar-refractivity contribution in [2.45, 2.75) is 82.6 Å². The van der Waals surface area contributed by atoms with E-state index in [0.717, 1.165) is 49.3 Å². The van der Waals surface area contributed by atoms with Gasteiger partial charge in [0.25, 0.3) is 5.91 Å². The molecule has 3 aliphatic rings. The molecule has 2 aliphatic heterocycles. The van der Waals surface area contributed by atoms with E-state index in [9.17, 15) is 14.4 Å².